The predicted molar refractivity (Wildman–Crippen MR) is 53.5 cm³/mol. The minimum atomic E-state index is 0.902. The number of aromatic amines is 1. The topological polar surface area (TPSA) is 15.8 Å². The summed E-state index contributed by atoms with van der Waals surface area (Å²) in [5, 5.41) is 3.04. The molecule has 0 fully saturated rings. The Morgan fingerprint density at radius 1 is 1.08 bits per heavy atom. The number of hydrogen-bond acceptors (Lipinski definition) is 0. The Bertz CT molecular complexity index is 413. The smallest absolute Gasteiger partial charge is 0.0663 e. The van der Waals surface area contributed by atoms with Crippen molar-refractivity contribution in [2.24, 2.45) is 5.92 Å². The Kier molecular flexibility index (Phi) is 1.55. The van der Waals surface area contributed by atoms with Gasteiger partial charge in [-0.05, 0) is 36.3 Å². The van der Waals surface area contributed by atoms with Gasteiger partial charge >= 0.3 is 0 Å². The van der Waals surface area contributed by atoms with E-state index in [2.05, 4.69) is 11.9 Å². The van der Waals surface area contributed by atoms with Crippen molar-refractivity contribution < 1.29 is 0 Å². The van der Waals surface area contributed by atoms with Gasteiger partial charge in [0, 0.05) is 0 Å². The molecule has 0 amide bonds. The number of aromatic nitrogens is 1. The van der Waals surface area contributed by atoms with E-state index in [4.69, 9.17) is 0 Å². The number of H-pyrrole nitrogens is 1. The fourth-order valence-corrected chi connectivity index (χ4v) is 2.71. The molecule has 1 nitrogen and oxygen atoms in total. The first-order valence-electron chi connectivity index (χ1n) is 5.60. The van der Waals surface area contributed by atoms with Crippen LogP contribution in [-0.2, 0) is 12.8 Å². The number of rotatable bonds is 0. The zero-order valence-electron chi connectivity index (χ0n) is 8.32. The highest BCUT2D eigenvalue weighted by molar-refractivity contribution is 5.39. The van der Waals surface area contributed by atoms with Crippen LogP contribution >= 0.6 is 0 Å². The normalized spacial score (nSPS) is 25.8. The van der Waals surface area contributed by atoms with Gasteiger partial charge in [-0.3, -0.25) is 0 Å². The first-order valence-corrected chi connectivity index (χ1v) is 5.60. The molecule has 0 spiro atoms. The number of hydrogen-bond donors (Lipinski definition) is 1. The van der Waals surface area contributed by atoms with Crippen molar-refractivity contribution in [3.05, 3.63) is 21.8 Å². The molecular formula is C12H17N. The highest BCUT2D eigenvalue weighted by Crippen LogP contribution is 2.30. The van der Waals surface area contributed by atoms with Crippen molar-refractivity contribution in [2.45, 2.75) is 45.4 Å². The summed E-state index contributed by atoms with van der Waals surface area (Å²) in [6, 6.07) is 0. The molecular weight excluding hydrogens is 158 g/mol. The molecule has 3 aliphatic rings. The van der Waals surface area contributed by atoms with Crippen LogP contribution in [-0.4, -0.2) is 4.98 Å². The van der Waals surface area contributed by atoms with Gasteiger partial charge < -0.3 is 4.98 Å². The number of nitrogens with one attached hydrogen (secondary N) is 1. The zero-order chi connectivity index (χ0) is 8.84. The predicted octanol–water partition coefficient (Wildman–Crippen LogP) is 2.91. The van der Waals surface area contributed by atoms with Gasteiger partial charge in [0.25, 0.3) is 0 Å². The van der Waals surface area contributed by atoms with Crippen LogP contribution in [0, 0.1) is 16.6 Å². The van der Waals surface area contributed by atoms with E-state index in [0.717, 1.165) is 5.92 Å². The van der Waals surface area contributed by atoms with Crippen LogP contribution in [0.1, 0.15) is 43.7 Å². The molecule has 1 heterocycles. The third kappa shape index (κ3) is 1.13. The Balaban J connectivity index is 1.87. The summed E-state index contributed by atoms with van der Waals surface area (Å²) >= 11 is 0. The fraction of sp³-hybridized carbons (Fsp3) is 0.667. The average molecular weight is 175 g/mol. The lowest BCUT2D eigenvalue weighted by atomic mass is 9.92. The van der Waals surface area contributed by atoms with Gasteiger partial charge in [0.05, 0.1) is 10.7 Å². The van der Waals surface area contributed by atoms with Crippen molar-refractivity contribution in [1.82, 2.24) is 4.98 Å². The van der Waals surface area contributed by atoms with Crippen molar-refractivity contribution in [3.63, 3.8) is 0 Å². The van der Waals surface area contributed by atoms with E-state index in [1.54, 1.807) is 11.1 Å². The minimum absolute atomic E-state index is 0.902. The molecule has 0 aromatic rings. The molecule has 1 N–H and O–H groups in total. The van der Waals surface area contributed by atoms with E-state index < -0.39 is 0 Å². The highest BCUT2D eigenvalue weighted by Gasteiger charge is 2.22. The molecule has 0 bridgehead atoms. The molecule has 0 radical (unpaired) electrons. The summed E-state index contributed by atoms with van der Waals surface area (Å²) < 4.78 is 0. The molecule has 0 aromatic carbocycles. The first kappa shape index (κ1) is 7.66. The lowest BCUT2D eigenvalue weighted by molar-refractivity contribution is 0.497. The second kappa shape index (κ2) is 2.63. The fourth-order valence-electron chi connectivity index (χ4n) is 2.71. The van der Waals surface area contributed by atoms with Crippen LogP contribution in [0.15, 0.2) is 0 Å². The third-order valence-corrected chi connectivity index (χ3v) is 3.58. The Morgan fingerprint density at radius 3 is 2.85 bits per heavy atom. The Hall–Kier alpha value is -0.720. The van der Waals surface area contributed by atoms with Crippen molar-refractivity contribution in [2.75, 3.05) is 0 Å². The largest absolute Gasteiger partial charge is 0.352 e. The molecule has 1 heteroatoms. The molecule has 1 atom stereocenters. The Labute approximate surface area is 78.9 Å². The molecule has 13 heavy (non-hydrogen) atoms. The summed E-state index contributed by atoms with van der Waals surface area (Å²) in [7, 11) is 0. The molecule has 0 saturated heterocycles. The minimum Gasteiger partial charge on any atom is -0.352 e. The summed E-state index contributed by atoms with van der Waals surface area (Å²) in [6.45, 7) is 2.40. The first-order chi connectivity index (χ1) is 6.36. The SMILES string of the molecule is CC1CCCCCc2c(c3[nH]c2=3)C1. The average Bonchev–Trinajstić information content (AvgIpc) is 2.81. The lowest BCUT2D eigenvalue weighted by Gasteiger charge is -2.11. The molecule has 1 unspecified atom stereocenters. The molecule has 0 saturated carbocycles. The van der Waals surface area contributed by atoms with E-state index in [9.17, 15) is 0 Å². The second-order valence-electron chi connectivity index (χ2n) is 4.74. The monoisotopic (exact) mass is 175 g/mol. The Morgan fingerprint density at radius 2 is 1.92 bits per heavy atom. The van der Waals surface area contributed by atoms with Crippen molar-refractivity contribution in [3.8, 4) is 0 Å². The quantitative estimate of drug-likeness (QED) is 0.633. The van der Waals surface area contributed by atoms with Crippen LogP contribution in [0.4, 0.5) is 0 Å². The molecule has 2 aliphatic carbocycles. The molecule has 3 rings (SSSR count). The zero-order valence-corrected chi connectivity index (χ0v) is 8.32. The van der Waals surface area contributed by atoms with Crippen LogP contribution in [0.25, 0.3) is 0 Å². The lowest BCUT2D eigenvalue weighted by Crippen LogP contribution is -2.03. The molecule has 70 valence electrons. The summed E-state index contributed by atoms with van der Waals surface area (Å²) in [4.78, 5) is 3.40. The van der Waals surface area contributed by atoms with E-state index >= 15 is 0 Å². The van der Waals surface area contributed by atoms with E-state index in [1.807, 2.05) is 0 Å². The van der Waals surface area contributed by atoms with E-state index in [0.29, 0.717) is 0 Å². The van der Waals surface area contributed by atoms with Crippen molar-refractivity contribution in [1.29, 1.82) is 0 Å². The van der Waals surface area contributed by atoms with Gasteiger partial charge in [0.1, 0.15) is 0 Å². The van der Waals surface area contributed by atoms with Gasteiger partial charge in [-0.2, -0.15) is 0 Å². The standard InChI is InChI=1S/C12H17N/c1-8-5-3-2-4-6-9-10(7-8)12-11(9)13-12/h8,13H,2-7H2,1H3. The van der Waals surface area contributed by atoms with E-state index in [-0.39, 0.29) is 0 Å². The summed E-state index contributed by atoms with van der Waals surface area (Å²) in [6.07, 6.45) is 8.39. The van der Waals surface area contributed by atoms with Crippen LogP contribution in [0.3, 0.4) is 0 Å². The van der Waals surface area contributed by atoms with E-state index in [1.165, 1.54) is 49.2 Å². The van der Waals surface area contributed by atoms with Crippen LogP contribution < -0.4 is 0 Å². The van der Waals surface area contributed by atoms with Crippen molar-refractivity contribution >= 4 is 0 Å². The van der Waals surface area contributed by atoms with Gasteiger partial charge in [-0.25, -0.2) is 0 Å². The summed E-state index contributed by atoms with van der Waals surface area (Å²) in [5.41, 5.74) is 3.37. The van der Waals surface area contributed by atoms with Gasteiger partial charge in [-0.1, -0.05) is 26.2 Å². The van der Waals surface area contributed by atoms with Crippen LogP contribution in [0.2, 0.25) is 0 Å². The third-order valence-electron chi connectivity index (χ3n) is 3.58. The maximum atomic E-state index is 3.40. The maximum Gasteiger partial charge on any atom is 0.0663 e. The van der Waals surface area contributed by atoms with Gasteiger partial charge in [0.2, 0.25) is 0 Å². The second-order valence-corrected chi connectivity index (χ2v) is 4.74. The maximum absolute atomic E-state index is 3.40. The molecule has 0 aromatic heterocycles. The van der Waals surface area contributed by atoms with Gasteiger partial charge in [-0.15, -0.1) is 0 Å². The molecule has 1 aliphatic heterocycles. The highest BCUT2D eigenvalue weighted by atomic mass is 14.8. The summed E-state index contributed by atoms with van der Waals surface area (Å²) in [5.74, 6) is 0.902. The van der Waals surface area contributed by atoms with Gasteiger partial charge in [0.15, 0.2) is 0 Å². The van der Waals surface area contributed by atoms with Crippen LogP contribution in [0.5, 0.6) is 0 Å². The number of fused-ring (bicyclic) bond motifs is 3.